The average Bonchev–Trinajstić information content (AvgIpc) is 2.73. The molecular weight excluding hydrogens is 256 g/mol. The van der Waals surface area contributed by atoms with Crippen LogP contribution in [0.25, 0.3) is 0 Å². The van der Waals surface area contributed by atoms with E-state index in [1.54, 1.807) is 4.90 Å². The van der Waals surface area contributed by atoms with Crippen molar-refractivity contribution in [2.24, 2.45) is 11.7 Å². The molecule has 5 nitrogen and oxygen atoms in total. The molecule has 116 valence electrons. The fraction of sp³-hybridized carbons (Fsp3) is 0.867. The number of hydrogen-bond acceptors (Lipinski definition) is 4. The van der Waals surface area contributed by atoms with Crippen molar-refractivity contribution in [2.75, 3.05) is 6.54 Å². The van der Waals surface area contributed by atoms with Crippen molar-refractivity contribution in [2.45, 2.75) is 71.6 Å². The molecule has 1 heterocycles. The quantitative estimate of drug-likeness (QED) is 0.797. The summed E-state index contributed by atoms with van der Waals surface area (Å²) in [5.74, 6) is -0.0938. The number of esters is 1. The van der Waals surface area contributed by atoms with E-state index in [-0.39, 0.29) is 11.9 Å². The van der Waals surface area contributed by atoms with Gasteiger partial charge in [-0.1, -0.05) is 13.8 Å². The second kappa shape index (κ2) is 6.57. The van der Waals surface area contributed by atoms with Crippen molar-refractivity contribution >= 4 is 11.9 Å². The van der Waals surface area contributed by atoms with Crippen LogP contribution in [0.1, 0.15) is 53.9 Å². The molecule has 0 aromatic rings. The Labute approximate surface area is 121 Å². The summed E-state index contributed by atoms with van der Waals surface area (Å²) in [4.78, 5) is 26.1. The van der Waals surface area contributed by atoms with E-state index in [0.29, 0.717) is 25.3 Å². The first-order valence-corrected chi connectivity index (χ1v) is 7.40. The third-order valence-corrected chi connectivity index (χ3v) is 3.26. The maximum Gasteiger partial charge on any atom is 0.329 e. The molecule has 0 radical (unpaired) electrons. The summed E-state index contributed by atoms with van der Waals surface area (Å²) in [6.07, 6.45) is 2.12. The average molecular weight is 284 g/mol. The molecule has 1 aliphatic rings. The molecule has 20 heavy (non-hydrogen) atoms. The maximum absolute atomic E-state index is 12.4. The van der Waals surface area contributed by atoms with Gasteiger partial charge >= 0.3 is 5.97 Å². The van der Waals surface area contributed by atoms with Gasteiger partial charge in [0.05, 0.1) is 6.04 Å². The number of rotatable bonds is 4. The van der Waals surface area contributed by atoms with Crippen LogP contribution in [0.2, 0.25) is 0 Å². The zero-order chi connectivity index (χ0) is 15.5. The van der Waals surface area contributed by atoms with Gasteiger partial charge in [0.15, 0.2) is 0 Å². The predicted octanol–water partition coefficient (Wildman–Crippen LogP) is 1.69. The van der Waals surface area contributed by atoms with E-state index in [4.69, 9.17) is 10.5 Å². The third kappa shape index (κ3) is 4.78. The van der Waals surface area contributed by atoms with Crippen LogP contribution in [0, 0.1) is 5.92 Å². The highest BCUT2D eigenvalue weighted by Crippen LogP contribution is 2.22. The number of hydrogen-bond donors (Lipinski definition) is 1. The molecule has 1 fully saturated rings. The Morgan fingerprint density at radius 3 is 2.45 bits per heavy atom. The molecule has 1 saturated heterocycles. The zero-order valence-corrected chi connectivity index (χ0v) is 13.3. The Morgan fingerprint density at radius 2 is 1.95 bits per heavy atom. The molecule has 0 aliphatic carbocycles. The number of ether oxygens (including phenoxy) is 1. The van der Waals surface area contributed by atoms with Gasteiger partial charge in [-0.25, -0.2) is 4.79 Å². The highest BCUT2D eigenvalue weighted by atomic mass is 16.6. The minimum absolute atomic E-state index is 0.132. The van der Waals surface area contributed by atoms with Gasteiger partial charge in [0.2, 0.25) is 5.91 Å². The summed E-state index contributed by atoms with van der Waals surface area (Å²) < 4.78 is 5.39. The smallest absolute Gasteiger partial charge is 0.329 e. The van der Waals surface area contributed by atoms with Crippen molar-refractivity contribution in [1.82, 2.24) is 4.90 Å². The zero-order valence-electron chi connectivity index (χ0n) is 13.3. The highest BCUT2D eigenvalue weighted by Gasteiger charge is 2.38. The second-order valence-electron chi connectivity index (χ2n) is 6.96. The molecule has 0 bridgehead atoms. The van der Waals surface area contributed by atoms with Crippen LogP contribution in [0.3, 0.4) is 0 Å². The van der Waals surface area contributed by atoms with Crippen molar-refractivity contribution in [3.05, 3.63) is 0 Å². The molecule has 0 aromatic carbocycles. The number of carbonyl (C=O) groups is 2. The van der Waals surface area contributed by atoms with Crippen LogP contribution in [-0.2, 0) is 14.3 Å². The fourth-order valence-corrected chi connectivity index (χ4v) is 2.47. The predicted molar refractivity (Wildman–Crippen MR) is 78.0 cm³/mol. The minimum Gasteiger partial charge on any atom is -0.458 e. The van der Waals surface area contributed by atoms with Crippen molar-refractivity contribution in [3.8, 4) is 0 Å². The molecule has 2 atom stereocenters. The van der Waals surface area contributed by atoms with E-state index in [1.165, 1.54) is 0 Å². The lowest BCUT2D eigenvalue weighted by atomic mass is 10.0. The Kier molecular flexibility index (Phi) is 5.57. The molecule has 1 rings (SSSR count). The van der Waals surface area contributed by atoms with Gasteiger partial charge in [-0.15, -0.1) is 0 Å². The highest BCUT2D eigenvalue weighted by molar-refractivity contribution is 5.88. The largest absolute Gasteiger partial charge is 0.458 e. The second-order valence-corrected chi connectivity index (χ2v) is 6.96. The number of amides is 1. The van der Waals surface area contributed by atoms with Crippen LogP contribution < -0.4 is 5.73 Å². The van der Waals surface area contributed by atoms with Gasteiger partial charge in [-0.05, 0) is 46.0 Å². The SMILES string of the molecule is CC(C)C[C@H](N)C(=O)N1CCC[C@H]1C(=O)OC(C)(C)C. The van der Waals surface area contributed by atoms with Crippen LogP contribution >= 0.6 is 0 Å². The van der Waals surface area contributed by atoms with Gasteiger partial charge < -0.3 is 15.4 Å². The molecule has 5 heteroatoms. The summed E-state index contributed by atoms with van der Waals surface area (Å²) >= 11 is 0. The number of carbonyl (C=O) groups excluding carboxylic acids is 2. The lowest BCUT2D eigenvalue weighted by molar-refractivity contribution is -0.163. The molecule has 0 spiro atoms. The topological polar surface area (TPSA) is 72.6 Å². The summed E-state index contributed by atoms with van der Waals surface area (Å²) in [7, 11) is 0. The molecule has 0 aromatic heterocycles. The molecule has 1 aliphatic heterocycles. The Hall–Kier alpha value is -1.10. The summed E-state index contributed by atoms with van der Waals surface area (Å²) in [5, 5.41) is 0. The Bertz CT molecular complexity index is 361. The van der Waals surface area contributed by atoms with Gasteiger partial charge in [-0.2, -0.15) is 0 Å². The van der Waals surface area contributed by atoms with Crippen molar-refractivity contribution in [1.29, 1.82) is 0 Å². The minimum atomic E-state index is -0.533. The van der Waals surface area contributed by atoms with Crippen molar-refractivity contribution in [3.63, 3.8) is 0 Å². The monoisotopic (exact) mass is 284 g/mol. The summed E-state index contributed by atoms with van der Waals surface area (Å²) in [6.45, 7) is 10.1. The molecule has 1 amide bonds. The first kappa shape index (κ1) is 17.0. The molecule has 0 unspecified atom stereocenters. The van der Waals surface area contributed by atoms with E-state index in [1.807, 2.05) is 34.6 Å². The van der Waals surface area contributed by atoms with Crippen LogP contribution in [-0.4, -0.2) is 41.0 Å². The molecular formula is C15H28N2O3. The van der Waals surface area contributed by atoms with E-state index in [2.05, 4.69) is 0 Å². The summed E-state index contributed by atoms with van der Waals surface area (Å²) in [5.41, 5.74) is 5.41. The maximum atomic E-state index is 12.4. The van der Waals surface area contributed by atoms with Crippen LogP contribution in [0.15, 0.2) is 0 Å². The lowest BCUT2D eigenvalue weighted by Crippen LogP contribution is -2.50. The van der Waals surface area contributed by atoms with Gasteiger partial charge in [0.1, 0.15) is 11.6 Å². The van der Waals surface area contributed by atoms with Crippen LogP contribution in [0.4, 0.5) is 0 Å². The van der Waals surface area contributed by atoms with E-state index in [0.717, 1.165) is 6.42 Å². The first-order chi connectivity index (χ1) is 9.11. The molecule has 2 N–H and O–H groups in total. The van der Waals surface area contributed by atoms with Gasteiger partial charge in [0.25, 0.3) is 0 Å². The fourth-order valence-electron chi connectivity index (χ4n) is 2.47. The number of nitrogens with two attached hydrogens (primary N) is 1. The van der Waals surface area contributed by atoms with E-state index in [9.17, 15) is 9.59 Å². The van der Waals surface area contributed by atoms with E-state index >= 15 is 0 Å². The number of likely N-dealkylation sites (tertiary alicyclic amines) is 1. The molecule has 0 saturated carbocycles. The van der Waals surface area contributed by atoms with Gasteiger partial charge in [-0.3, -0.25) is 4.79 Å². The standard InChI is InChI=1S/C15H28N2O3/c1-10(2)9-11(16)13(18)17-8-6-7-12(17)14(19)20-15(3,4)5/h10-12H,6-9,16H2,1-5H3/t11-,12-/m0/s1. The van der Waals surface area contributed by atoms with Crippen LogP contribution in [0.5, 0.6) is 0 Å². The normalized spacial score (nSPS) is 21.1. The Balaban J connectivity index is 2.69. The Morgan fingerprint density at radius 1 is 1.35 bits per heavy atom. The summed E-state index contributed by atoms with van der Waals surface area (Å²) in [6, 6.07) is -1.00. The lowest BCUT2D eigenvalue weighted by Gasteiger charge is -2.29. The number of nitrogens with zero attached hydrogens (tertiary/aromatic N) is 1. The van der Waals surface area contributed by atoms with E-state index < -0.39 is 17.7 Å². The third-order valence-electron chi connectivity index (χ3n) is 3.26. The van der Waals surface area contributed by atoms with Gasteiger partial charge in [0, 0.05) is 6.54 Å². The first-order valence-electron chi connectivity index (χ1n) is 7.40. The van der Waals surface area contributed by atoms with Crippen molar-refractivity contribution < 1.29 is 14.3 Å².